The average molecular weight is 266 g/mol. The lowest BCUT2D eigenvalue weighted by Gasteiger charge is -2.37. The molecular formula is C14H22N2O3. The van der Waals surface area contributed by atoms with Crippen LogP contribution in [-0.2, 0) is 0 Å². The molecule has 2 N–H and O–H groups in total. The molecule has 1 saturated heterocycles. The molecule has 5 nitrogen and oxygen atoms in total. The normalized spacial score (nSPS) is 17.9. The summed E-state index contributed by atoms with van der Waals surface area (Å²) in [7, 11) is 5.48. The first kappa shape index (κ1) is 14.1. The van der Waals surface area contributed by atoms with E-state index in [1.54, 1.807) is 7.11 Å². The number of nitrogens with zero attached hydrogens (tertiary/aromatic N) is 1. The molecule has 1 aromatic rings. The van der Waals surface area contributed by atoms with Crippen molar-refractivity contribution in [1.29, 1.82) is 0 Å². The second-order valence-electron chi connectivity index (χ2n) is 4.91. The summed E-state index contributed by atoms with van der Waals surface area (Å²) >= 11 is 0. The van der Waals surface area contributed by atoms with Crippen LogP contribution in [0.1, 0.15) is 11.7 Å². The summed E-state index contributed by atoms with van der Waals surface area (Å²) in [5.74, 6) is 1.33. The number of benzene rings is 1. The molecule has 0 aliphatic carbocycles. The number of methoxy groups -OCH3 is 1. The Labute approximate surface area is 114 Å². The van der Waals surface area contributed by atoms with Crippen LogP contribution in [0.15, 0.2) is 18.2 Å². The molecule has 2 rings (SSSR count). The number of aliphatic hydroxyl groups excluding tert-OH is 1. The van der Waals surface area contributed by atoms with Crippen LogP contribution in [0.4, 0.5) is 0 Å². The third-order valence-corrected chi connectivity index (χ3v) is 3.30. The smallest absolute Gasteiger partial charge is 0.167 e. The Bertz CT molecular complexity index is 419. The van der Waals surface area contributed by atoms with Crippen molar-refractivity contribution in [3.63, 3.8) is 0 Å². The average Bonchev–Trinajstić information content (AvgIpc) is 2.37. The lowest BCUT2D eigenvalue weighted by molar-refractivity contribution is 0.0340. The van der Waals surface area contributed by atoms with Crippen molar-refractivity contribution < 1.29 is 14.6 Å². The molecule has 0 spiro atoms. The van der Waals surface area contributed by atoms with Crippen LogP contribution in [0, 0.1) is 0 Å². The van der Waals surface area contributed by atoms with Crippen LogP contribution in [0.2, 0.25) is 0 Å². The van der Waals surface area contributed by atoms with Crippen molar-refractivity contribution in [3.8, 4) is 11.5 Å². The fraction of sp³-hybridized carbons (Fsp3) is 0.571. The number of rotatable bonds is 6. The highest BCUT2D eigenvalue weighted by Crippen LogP contribution is 2.36. The van der Waals surface area contributed by atoms with Gasteiger partial charge >= 0.3 is 0 Å². The topological polar surface area (TPSA) is 54.0 Å². The summed E-state index contributed by atoms with van der Waals surface area (Å²) in [5.41, 5.74) is 0.767. The van der Waals surface area contributed by atoms with Gasteiger partial charge in [-0.1, -0.05) is 12.1 Å². The number of hydrogen-bond acceptors (Lipinski definition) is 5. The molecule has 1 fully saturated rings. The molecule has 19 heavy (non-hydrogen) atoms. The third kappa shape index (κ3) is 3.18. The second-order valence-corrected chi connectivity index (χ2v) is 4.91. The van der Waals surface area contributed by atoms with E-state index in [1.807, 2.05) is 25.2 Å². The van der Waals surface area contributed by atoms with E-state index < -0.39 is 6.10 Å². The zero-order valence-corrected chi connectivity index (χ0v) is 11.7. The van der Waals surface area contributed by atoms with Crippen LogP contribution in [0.25, 0.3) is 0 Å². The van der Waals surface area contributed by atoms with Gasteiger partial charge in [-0.3, -0.25) is 4.90 Å². The molecule has 1 atom stereocenters. The van der Waals surface area contributed by atoms with Crippen LogP contribution in [-0.4, -0.2) is 56.9 Å². The maximum absolute atomic E-state index is 10.2. The molecule has 1 aliphatic rings. The fourth-order valence-corrected chi connectivity index (χ4v) is 2.27. The first-order valence-corrected chi connectivity index (χ1v) is 6.50. The summed E-state index contributed by atoms with van der Waals surface area (Å²) in [5, 5.41) is 13.1. The first-order valence-electron chi connectivity index (χ1n) is 6.50. The zero-order valence-electron chi connectivity index (χ0n) is 11.7. The second kappa shape index (κ2) is 6.23. The van der Waals surface area contributed by atoms with Gasteiger partial charge in [0, 0.05) is 25.2 Å². The van der Waals surface area contributed by atoms with Gasteiger partial charge in [0.05, 0.1) is 13.2 Å². The van der Waals surface area contributed by atoms with Crippen LogP contribution >= 0.6 is 0 Å². The van der Waals surface area contributed by atoms with Crippen molar-refractivity contribution in [2.75, 3.05) is 40.8 Å². The third-order valence-electron chi connectivity index (χ3n) is 3.30. The predicted octanol–water partition coefficient (Wildman–Crippen LogP) is 0.641. The zero-order chi connectivity index (χ0) is 13.8. The number of nitrogens with one attached hydrogen (secondary N) is 1. The quantitative estimate of drug-likeness (QED) is 0.791. The monoisotopic (exact) mass is 266 g/mol. The number of para-hydroxylation sites is 1. The van der Waals surface area contributed by atoms with Crippen LogP contribution in [0.3, 0.4) is 0 Å². The van der Waals surface area contributed by atoms with E-state index in [0.717, 1.165) is 18.7 Å². The van der Waals surface area contributed by atoms with E-state index in [2.05, 4.69) is 17.3 Å². The van der Waals surface area contributed by atoms with E-state index in [0.29, 0.717) is 18.0 Å². The molecule has 0 bridgehead atoms. The molecule has 5 heteroatoms. The lowest BCUT2D eigenvalue weighted by Crippen LogP contribution is -2.51. The predicted molar refractivity (Wildman–Crippen MR) is 73.8 cm³/mol. The van der Waals surface area contributed by atoms with Gasteiger partial charge in [0.1, 0.15) is 6.10 Å². The Balaban J connectivity index is 2.21. The number of likely N-dealkylation sites (N-methyl/N-ethyl adjacent to an activating group) is 2. The van der Waals surface area contributed by atoms with E-state index in [9.17, 15) is 5.11 Å². The van der Waals surface area contributed by atoms with Gasteiger partial charge in [-0.25, -0.2) is 0 Å². The molecular weight excluding hydrogens is 244 g/mol. The minimum absolute atomic E-state index is 0.168. The minimum atomic E-state index is -0.604. The number of likely N-dealkylation sites (tertiary alicyclic amines) is 1. The number of ether oxygens (including phenoxy) is 2. The Morgan fingerprint density at radius 1 is 1.47 bits per heavy atom. The van der Waals surface area contributed by atoms with E-state index in [-0.39, 0.29) is 6.10 Å². The highest BCUT2D eigenvalue weighted by molar-refractivity contribution is 5.48. The molecule has 1 heterocycles. The van der Waals surface area contributed by atoms with Gasteiger partial charge in [-0.15, -0.1) is 0 Å². The van der Waals surface area contributed by atoms with E-state index in [4.69, 9.17) is 9.47 Å². The van der Waals surface area contributed by atoms with Crippen molar-refractivity contribution in [2.45, 2.75) is 12.2 Å². The van der Waals surface area contributed by atoms with Gasteiger partial charge in [0.15, 0.2) is 11.5 Å². The molecule has 1 aliphatic heterocycles. The van der Waals surface area contributed by atoms with Gasteiger partial charge in [-0.2, -0.15) is 0 Å². The highest BCUT2D eigenvalue weighted by Gasteiger charge is 2.28. The molecule has 0 amide bonds. The van der Waals surface area contributed by atoms with Gasteiger partial charge in [0.25, 0.3) is 0 Å². The summed E-state index contributed by atoms with van der Waals surface area (Å²) in [6.07, 6.45) is -0.435. The Morgan fingerprint density at radius 3 is 2.79 bits per heavy atom. The van der Waals surface area contributed by atoms with Crippen LogP contribution in [0.5, 0.6) is 11.5 Å². The van der Waals surface area contributed by atoms with Crippen molar-refractivity contribution in [3.05, 3.63) is 23.8 Å². The number of aliphatic hydroxyl groups is 1. The van der Waals surface area contributed by atoms with Crippen molar-refractivity contribution >= 4 is 0 Å². The van der Waals surface area contributed by atoms with Gasteiger partial charge < -0.3 is 19.9 Å². The standard InChI is InChI=1S/C14H22N2O3/c1-15-7-12(17)11-5-4-6-13(18-3)14(11)19-10-8-16(2)9-10/h4-6,10,12,15,17H,7-9H2,1-3H3. The molecule has 0 aromatic heterocycles. The molecule has 106 valence electrons. The van der Waals surface area contributed by atoms with Crippen molar-refractivity contribution in [2.24, 2.45) is 0 Å². The SMILES string of the molecule is CNCC(O)c1cccc(OC)c1OC1CN(C)C1. The van der Waals surface area contributed by atoms with Crippen LogP contribution < -0.4 is 14.8 Å². The van der Waals surface area contributed by atoms with E-state index >= 15 is 0 Å². The fourth-order valence-electron chi connectivity index (χ4n) is 2.27. The molecule has 0 saturated carbocycles. The van der Waals surface area contributed by atoms with E-state index in [1.165, 1.54) is 0 Å². The maximum atomic E-state index is 10.2. The first-order chi connectivity index (χ1) is 9.15. The minimum Gasteiger partial charge on any atom is -0.493 e. The number of hydrogen-bond donors (Lipinski definition) is 2. The summed E-state index contributed by atoms with van der Waals surface area (Å²) < 4.78 is 11.3. The van der Waals surface area contributed by atoms with Crippen molar-refractivity contribution in [1.82, 2.24) is 10.2 Å². The molecule has 0 radical (unpaired) electrons. The Hall–Kier alpha value is -1.30. The van der Waals surface area contributed by atoms with Gasteiger partial charge in [0.2, 0.25) is 0 Å². The summed E-state index contributed by atoms with van der Waals surface area (Å²) in [6.45, 7) is 2.29. The molecule has 1 unspecified atom stereocenters. The largest absolute Gasteiger partial charge is 0.493 e. The lowest BCUT2D eigenvalue weighted by atomic mass is 10.1. The van der Waals surface area contributed by atoms with Gasteiger partial charge in [-0.05, 0) is 20.2 Å². The maximum Gasteiger partial charge on any atom is 0.167 e. The summed E-state index contributed by atoms with van der Waals surface area (Å²) in [6, 6.07) is 5.60. The Kier molecular flexibility index (Phi) is 4.63. The molecule has 1 aromatic carbocycles. The Morgan fingerprint density at radius 2 is 2.21 bits per heavy atom. The summed E-state index contributed by atoms with van der Waals surface area (Å²) in [4.78, 5) is 2.18. The highest BCUT2D eigenvalue weighted by atomic mass is 16.5.